The Morgan fingerprint density at radius 2 is 2.00 bits per heavy atom. The SMILES string of the molecule is CCNC(=O)NC(=O)COC(=O)c1cccc(OC(F)F)c1. The molecule has 1 aromatic carbocycles. The van der Waals surface area contributed by atoms with Gasteiger partial charge in [0.25, 0.3) is 5.91 Å². The molecule has 0 aliphatic carbocycles. The second kappa shape index (κ2) is 8.55. The third kappa shape index (κ3) is 6.16. The lowest BCUT2D eigenvalue weighted by Crippen LogP contribution is -2.41. The van der Waals surface area contributed by atoms with Gasteiger partial charge in [0.2, 0.25) is 0 Å². The zero-order chi connectivity index (χ0) is 16.5. The molecule has 0 aliphatic heterocycles. The molecule has 7 nitrogen and oxygen atoms in total. The van der Waals surface area contributed by atoms with Gasteiger partial charge in [-0.15, -0.1) is 0 Å². The maximum Gasteiger partial charge on any atom is 0.387 e. The van der Waals surface area contributed by atoms with E-state index < -0.39 is 31.1 Å². The molecule has 2 N–H and O–H groups in total. The van der Waals surface area contributed by atoms with Crippen molar-refractivity contribution in [3.63, 3.8) is 0 Å². The molecule has 0 bridgehead atoms. The summed E-state index contributed by atoms with van der Waals surface area (Å²) in [5.41, 5.74) is -0.0658. The molecular weight excluding hydrogens is 302 g/mol. The molecule has 0 unspecified atom stereocenters. The summed E-state index contributed by atoms with van der Waals surface area (Å²) >= 11 is 0. The van der Waals surface area contributed by atoms with E-state index in [-0.39, 0.29) is 11.3 Å². The first-order valence-corrected chi connectivity index (χ1v) is 6.22. The Kier molecular flexibility index (Phi) is 6.74. The largest absolute Gasteiger partial charge is 0.452 e. The fourth-order valence-corrected chi connectivity index (χ4v) is 1.38. The van der Waals surface area contributed by atoms with Crippen LogP contribution >= 0.6 is 0 Å². The third-order valence-electron chi connectivity index (χ3n) is 2.22. The fourth-order valence-electron chi connectivity index (χ4n) is 1.38. The van der Waals surface area contributed by atoms with Crippen LogP contribution in [-0.2, 0) is 9.53 Å². The van der Waals surface area contributed by atoms with Gasteiger partial charge < -0.3 is 14.8 Å². The van der Waals surface area contributed by atoms with E-state index in [2.05, 4.69) is 14.8 Å². The second-order valence-electron chi connectivity index (χ2n) is 3.89. The van der Waals surface area contributed by atoms with Crippen LogP contribution in [-0.4, -0.2) is 37.7 Å². The number of rotatable bonds is 6. The topological polar surface area (TPSA) is 93.7 Å². The zero-order valence-electron chi connectivity index (χ0n) is 11.6. The molecule has 0 fully saturated rings. The number of amides is 3. The van der Waals surface area contributed by atoms with Gasteiger partial charge in [0, 0.05) is 6.54 Å². The van der Waals surface area contributed by atoms with Crippen LogP contribution in [0.3, 0.4) is 0 Å². The second-order valence-corrected chi connectivity index (χ2v) is 3.89. The average molecular weight is 316 g/mol. The minimum Gasteiger partial charge on any atom is -0.452 e. The highest BCUT2D eigenvalue weighted by molar-refractivity contribution is 5.97. The summed E-state index contributed by atoms with van der Waals surface area (Å²) in [6.45, 7) is -1.71. The number of carbonyl (C=O) groups excluding carboxylic acids is 3. The first kappa shape index (κ1) is 17.3. The number of carbonyl (C=O) groups is 3. The van der Waals surface area contributed by atoms with Gasteiger partial charge in [0.15, 0.2) is 6.61 Å². The maximum absolute atomic E-state index is 12.1. The number of hydrogen-bond donors (Lipinski definition) is 2. The van der Waals surface area contributed by atoms with E-state index in [9.17, 15) is 23.2 Å². The van der Waals surface area contributed by atoms with Gasteiger partial charge in [-0.3, -0.25) is 10.1 Å². The molecule has 120 valence electrons. The van der Waals surface area contributed by atoms with Crippen molar-refractivity contribution in [3.05, 3.63) is 29.8 Å². The number of ether oxygens (including phenoxy) is 2. The van der Waals surface area contributed by atoms with Crippen LogP contribution in [0.15, 0.2) is 24.3 Å². The molecule has 22 heavy (non-hydrogen) atoms. The summed E-state index contributed by atoms with van der Waals surface area (Å²) < 4.78 is 32.9. The lowest BCUT2D eigenvalue weighted by atomic mass is 10.2. The summed E-state index contributed by atoms with van der Waals surface area (Å²) in [6, 6.07) is 4.21. The highest BCUT2D eigenvalue weighted by Crippen LogP contribution is 2.16. The Bertz CT molecular complexity index is 551. The van der Waals surface area contributed by atoms with Gasteiger partial charge >= 0.3 is 18.6 Å². The summed E-state index contributed by atoms with van der Waals surface area (Å²) in [6.07, 6.45) is 0. The summed E-state index contributed by atoms with van der Waals surface area (Å²) in [5, 5.41) is 4.26. The maximum atomic E-state index is 12.1. The highest BCUT2D eigenvalue weighted by atomic mass is 19.3. The van der Waals surface area contributed by atoms with Gasteiger partial charge in [-0.1, -0.05) is 6.07 Å². The van der Waals surface area contributed by atoms with Crippen LogP contribution in [0.2, 0.25) is 0 Å². The number of alkyl halides is 2. The number of urea groups is 1. The summed E-state index contributed by atoms with van der Waals surface area (Å²) in [4.78, 5) is 34.0. The van der Waals surface area contributed by atoms with Crippen LogP contribution < -0.4 is 15.4 Å². The van der Waals surface area contributed by atoms with Crippen LogP contribution in [0.5, 0.6) is 5.75 Å². The number of esters is 1. The van der Waals surface area contributed by atoms with E-state index in [1.165, 1.54) is 18.2 Å². The number of halogens is 2. The van der Waals surface area contributed by atoms with E-state index in [1.807, 2.05) is 5.32 Å². The average Bonchev–Trinajstić information content (AvgIpc) is 2.44. The highest BCUT2D eigenvalue weighted by Gasteiger charge is 2.13. The molecule has 0 saturated carbocycles. The first-order valence-electron chi connectivity index (χ1n) is 6.22. The Balaban J connectivity index is 2.51. The van der Waals surface area contributed by atoms with Gasteiger partial charge in [-0.25, -0.2) is 9.59 Å². The Morgan fingerprint density at radius 1 is 1.27 bits per heavy atom. The molecule has 0 heterocycles. The van der Waals surface area contributed by atoms with E-state index in [1.54, 1.807) is 6.92 Å². The van der Waals surface area contributed by atoms with Gasteiger partial charge in [0.1, 0.15) is 5.75 Å². The van der Waals surface area contributed by atoms with Crippen LogP contribution in [0.4, 0.5) is 13.6 Å². The Hall–Kier alpha value is -2.71. The standard InChI is InChI=1S/C13H14F2N2O5/c1-2-16-13(20)17-10(18)7-21-11(19)8-4-3-5-9(6-8)22-12(14)15/h3-6,12H,2,7H2,1H3,(H2,16,17,18,20). The van der Waals surface area contributed by atoms with E-state index in [0.717, 1.165) is 6.07 Å². The Morgan fingerprint density at radius 3 is 2.64 bits per heavy atom. The normalized spacial score (nSPS) is 10.0. The van der Waals surface area contributed by atoms with Crippen molar-refractivity contribution in [3.8, 4) is 5.75 Å². The number of benzene rings is 1. The number of hydrogen-bond acceptors (Lipinski definition) is 5. The molecule has 0 radical (unpaired) electrons. The fraction of sp³-hybridized carbons (Fsp3) is 0.308. The lowest BCUT2D eigenvalue weighted by Gasteiger charge is -2.08. The monoisotopic (exact) mass is 316 g/mol. The van der Waals surface area contributed by atoms with Crippen molar-refractivity contribution in [1.29, 1.82) is 0 Å². The molecule has 0 spiro atoms. The third-order valence-corrected chi connectivity index (χ3v) is 2.22. The van der Waals surface area contributed by atoms with Gasteiger partial charge in [-0.05, 0) is 25.1 Å². The lowest BCUT2D eigenvalue weighted by molar-refractivity contribution is -0.123. The molecule has 9 heteroatoms. The number of nitrogens with one attached hydrogen (secondary N) is 2. The van der Waals surface area contributed by atoms with Crippen LogP contribution in [0.25, 0.3) is 0 Å². The van der Waals surface area contributed by atoms with Gasteiger partial charge in [-0.2, -0.15) is 8.78 Å². The van der Waals surface area contributed by atoms with Gasteiger partial charge in [0.05, 0.1) is 5.56 Å². The first-order chi connectivity index (χ1) is 10.4. The smallest absolute Gasteiger partial charge is 0.387 e. The quantitative estimate of drug-likeness (QED) is 0.771. The van der Waals surface area contributed by atoms with Crippen molar-refractivity contribution in [2.24, 2.45) is 0 Å². The predicted molar refractivity (Wildman–Crippen MR) is 70.6 cm³/mol. The molecule has 1 rings (SSSR count). The summed E-state index contributed by atoms with van der Waals surface area (Å²) in [5.74, 6) is -1.94. The minimum absolute atomic E-state index is 0.0658. The van der Waals surface area contributed by atoms with E-state index in [0.29, 0.717) is 6.54 Å². The van der Waals surface area contributed by atoms with Crippen molar-refractivity contribution < 1.29 is 32.6 Å². The zero-order valence-corrected chi connectivity index (χ0v) is 11.6. The van der Waals surface area contributed by atoms with Crippen LogP contribution in [0.1, 0.15) is 17.3 Å². The minimum atomic E-state index is -3.02. The summed E-state index contributed by atoms with van der Waals surface area (Å²) in [7, 11) is 0. The number of imide groups is 1. The van der Waals surface area contributed by atoms with Crippen molar-refractivity contribution in [2.45, 2.75) is 13.5 Å². The molecule has 1 aromatic rings. The molecule has 3 amide bonds. The van der Waals surface area contributed by atoms with Crippen LogP contribution in [0, 0.1) is 0 Å². The predicted octanol–water partition coefficient (Wildman–Crippen LogP) is 1.29. The van der Waals surface area contributed by atoms with E-state index in [4.69, 9.17) is 0 Å². The van der Waals surface area contributed by atoms with E-state index >= 15 is 0 Å². The Labute approximate surface area is 124 Å². The molecule has 0 atom stereocenters. The molecule has 0 aromatic heterocycles. The van der Waals surface area contributed by atoms with Crippen molar-refractivity contribution in [2.75, 3.05) is 13.2 Å². The molecule has 0 aliphatic rings. The molecular formula is C13H14F2N2O5. The molecule has 0 saturated heterocycles. The van der Waals surface area contributed by atoms with Crippen molar-refractivity contribution >= 4 is 17.9 Å². The van der Waals surface area contributed by atoms with Crippen molar-refractivity contribution in [1.82, 2.24) is 10.6 Å².